The number of nitrogens with zero attached hydrogens (tertiary/aromatic N) is 2. The molecule has 1 N–H and O–H groups in total. The normalized spacial score (nSPS) is 18.1. The van der Waals surface area contributed by atoms with Gasteiger partial charge in [0.05, 0.1) is 0 Å². The summed E-state index contributed by atoms with van der Waals surface area (Å²) in [6.45, 7) is 10.6. The molecule has 108 valence electrons. The standard InChI is InChI=1S/C17H25N3/c1-14(2)20-11-9-19(10-12-20)8-7-15-13-18-17-6-4-3-5-16(15)17/h3-6,13-14,18H,7-12H2,1-2H3. The van der Waals surface area contributed by atoms with Crippen molar-refractivity contribution >= 4 is 10.9 Å². The number of nitrogens with one attached hydrogen (secondary N) is 1. The second-order valence-electron chi connectivity index (χ2n) is 6.08. The van der Waals surface area contributed by atoms with E-state index in [4.69, 9.17) is 0 Å². The number of hydrogen-bond acceptors (Lipinski definition) is 2. The SMILES string of the molecule is CC(C)N1CCN(CCc2c[nH]c3ccccc23)CC1. The highest BCUT2D eigenvalue weighted by atomic mass is 15.3. The summed E-state index contributed by atoms with van der Waals surface area (Å²) in [5.74, 6) is 0. The molecule has 0 radical (unpaired) electrons. The molecule has 0 amide bonds. The van der Waals surface area contributed by atoms with Crippen molar-refractivity contribution < 1.29 is 0 Å². The van der Waals surface area contributed by atoms with Crippen LogP contribution in [0.1, 0.15) is 19.4 Å². The van der Waals surface area contributed by atoms with Gasteiger partial charge in [0.1, 0.15) is 0 Å². The van der Waals surface area contributed by atoms with Crippen LogP contribution in [-0.4, -0.2) is 53.5 Å². The predicted molar refractivity (Wildman–Crippen MR) is 85.2 cm³/mol. The molecule has 2 heterocycles. The molecule has 20 heavy (non-hydrogen) atoms. The second kappa shape index (κ2) is 5.98. The molecular formula is C17H25N3. The number of aromatic amines is 1. The molecule has 3 heteroatoms. The first kappa shape index (κ1) is 13.7. The van der Waals surface area contributed by atoms with Gasteiger partial charge >= 0.3 is 0 Å². The van der Waals surface area contributed by atoms with E-state index in [0.717, 1.165) is 6.42 Å². The zero-order valence-corrected chi connectivity index (χ0v) is 12.6. The molecule has 0 saturated carbocycles. The molecule has 0 unspecified atom stereocenters. The van der Waals surface area contributed by atoms with Crippen molar-refractivity contribution in [2.24, 2.45) is 0 Å². The first-order chi connectivity index (χ1) is 9.74. The number of hydrogen-bond donors (Lipinski definition) is 1. The largest absolute Gasteiger partial charge is 0.361 e. The second-order valence-corrected chi connectivity index (χ2v) is 6.08. The molecule has 0 aliphatic carbocycles. The van der Waals surface area contributed by atoms with Gasteiger partial charge in [0, 0.05) is 55.9 Å². The highest BCUT2D eigenvalue weighted by molar-refractivity contribution is 5.83. The van der Waals surface area contributed by atoms with Crippen LogP contribution in [-0.2, 0) is 6.42 Å². The highest BCUT2D eigenvalue weighted by Crippen LogP contribution is 2.18. The van der Waals surface area contributed by atoms with Crippen molar-refractivity contribution in [3.05, 3.63) is 36.0 Å². The third-order valence-corrected chi connectivity index (χ3v) is 4.51. The maximum atomic E-state index is 3.37. The molecule has 3 nitrogen and oxygen atoms in total. The smallest absolute Gasteiger partial charge is 0.0456 e. The molecule has 1 aromatic carbocycles. The number of H-pyrrole nitrogens is 1. The van der Waals surface area contributed by atoms with E-state index in [2.05, 4.69) is 59.1 Å². The van der Waals surface area contributed by atoms with Crippen molar-refractivity contribution in [1.82, 2.24) is 14.8 Å². The number of benzene rings is 1. The van der Waals surface area contributed by atoms with Crippen LogP contribution in [0.4, 0.5) is 0 Å². The molecule has 2 aromatic rings. The topological polar surface area (TPSA) is 22.3 Å². The zero-order valence-electron chi connectivity index (χ0n) is 12.6. The molecule has 1 saturated heterocycles. The van der Waals surface area contributed by atoms with Crippen LogP contribution >= 0.6 is 0 Å². The summed E-state index contributed by atoms with van der Waals surface area (Å²) in [6.07, 6.45) is 3.32. The van der Waals surface area contributed by atoms with E-state index in [9.17, 15) is 0 Å². The average Bonchev–Trinajstić information content (AvgIpc) is 2.89. The number of piperazine rings is 1. The Kier molecular flexibility index (Phi) is 4.08. The molecule has 1 aromatic heterocycles. The minimum atomic E-state index is 0.686. The minimum Gasteiger partial charge on any atom is -0.361 e. The summed E-state index contributed by atoms with van der Waals surface area (Å²) in [4.78, 5) is 8.54. The van der Waals surface area contributed by atoms with E-state index in [0.29, 0.717) is 6.04 Å². The van der Waals surface area contributed by atoms with Gasteiger partial charge in [-0.3, -0.25) is 4.90 Å². The fourth-order valence-corrected chi connectivity index (χ4v) is 3.12. The summed E-state index contributed by atoms with van der Waals surface area (Å²) >= 11 is 0. The lowest BCUT2D eigenvalue weighted by atomic mass is 10.1. The molecule has 1 fully saturated rings. The van der Waals surface area contributed by atoms with Gasteiger partial charge < -0.3 is 9.88 Å². The van der Waals surface area contributed by atoms with Crippen molar-refractivity contribution in [2.75, 3.05) is 32.7 Å². The Morgan fingerprint density at radius 2 is 1.85 bits per heavy atom. The summed E-state index contributed by atoms with van der Waals surface area (Å²) in [6, 6.07) is 9.28. The van der Waals surface area contributed by atoms with Crippen molar-refractivity contribution in [1.29, 1.82) is 0 Å². The highest BCUT2D eigenvalue weighted by Gasteiger charge is 2.18. The van der Waals surface area contributed by atoms with Gasteiger partial charge in [0.2, 0.25) is 0 Å². The monoisotopic (exact) mass is 271 g/mol. The molecule has 1 aliphatic heterocycles. The van der Waals surface area contributed by atoms with E-state index in [1.807, 2.05) is 0 Å². The van der Waals surface area contributed by atoms with Gasteiger partial charge in [-0.05, 0) is 31.9 Å². The number of fused-ring (bicyclic) bond motifs is 1. The van der Waals surface area contributed by atoms with E-state index >= 15 is 0 Å². The summed E-state index contributed by atoms with van der Waals surface area (Å²) in [5, 5.41) is 1.38. The van der Waals surface area contributed by atoms with Crippen LogP contribution in [0.25, 0.3) is 10.9 Å². The van der Waals surface area contributed by atoms with E-state index in [1.165, 1.54) is 49.2 Å². The Morgan fingerprint density at radius 1 is 1.10 bits per heavy atom. The summed E-state index contributed by atoms with van der Waals surface area (Å²) < 4.78 is 0. The fourth-order valence-electron chi connectivity index (χ4n) is 3.12. The van der Waals surface area contributed by atoms with Gasteiger partial charge in [-0.1, -0.05) is 18.2 Å². The molecule has 3 rings (SSSR count). The maximum absolute atomic E-state index is 3.37. The molecule has 0 bridgehead atoms. The lowest BCUT2D eigenvalue weighted by Gasteiger charge is -2.36. The van der Waals surface area contributed by atoms with Gasteiger partial charge in [-0.15, -0.1) is 0 Å². The average molecular weight is 271 g/mol. The molecule has 1 aliphatic rings. The number of rotatable bonds is 4. The van der Waals surface area contributed by atoms with Crippen molar-refractivity contribution in [3.63, 3.8) is 0 Å². The number of para-hydroxylation sites is 1. The minimum absolute atomic E-state index is 0.686. The first-order valence-electron chi connectivity index (χ1n) is 7.75. The third-order valence-electron chi connectivity index (χ3n) is 4.51. The quantitative estimate of drug-likeness (QED) is 0.923. The van der Waals surface area contributed by atoms with Gasteiger partial charge in [0.15, 0.2) is 0 Å². The van der Waals surface area contributed by atoms with E-state index in [-0.39, 0.29) is 0 Å². The van der Waals surface area contributed by atoms with Gasteiger partial charge in [0.25, 0.3) is 0 Å². The van der Waals surface area contributed by atoms with Crippen LogP contribution in [0.2, 0.25) is 0 Å². The Labute approximate surface area is 121 Å². The predicted octanol–water partition coefficient (Wildman–Crippen LogP) is 2.74. The van der Waals surface area contributed by atoms with Crippen LogP contribution in [0.3, 0.4) is 0 Å². The van der Waals surface area contributed by atoms with Crippen LogP contribution < -0.4 is 0 Å². The van der Waals surface area contributed by atoms with Crippen LogP contribution in [0.15, 0.2) is 30.5 Å². The fraction of sp³-hybridized carbons (Fsp3) is 0.529. The van der Waals surface area contributed by atoms with E-state index < -0.39 is 0 Å². The van der Waals surface area contributed by atoms with Crippen LogP contribution in [0, 0.1) is 0 Å². The van der Waals surface area contributed by atoms with E-state index in [1.54, 1.807) is 0 Å². The molecular weight excluding hydrogens is 246 g/mol. The van der Waals surface area contributed by atoms with Gasteiger partial charge in [-0.2, -0.15) is 0 Å². The molecule has 0 spiro atoms. The first-order valence-corrected chi connectivity index (χ1v) is 7.75. The Morgan fingerprint density at radius 3 is 2.60 bits per heavy atom. The van der Waals surface area contributed by atoms with Crippen molar-refractivity contribution in [3.8, 4) is 0 Å². The Balaban J connectivity index is 1.55. The molecule has 0 atom stereocenters. The summed E-state index contributed by atoms with van der Waals surface area (Å²) in [5.41, 5.74) is 2.71. The lowest BCUT2D eigenvalue weighted by Crippen LogP contribution is -2.49. The van der Waals surface area contributed by atoms with Crippen LogP contribution in [0.5, 0.6) is 0 Å². The lowest BCUT2D eigenvalue weighted by molar-refractivity contribution is 0.109. The third kappa shape index (κ3) is 2.89. The Bertz CT molecular complexity index is 550. The Hall–Kier alpha value is -1.32. The number of aromatic nitrogens is 1. The maximum Gasteiger partial charge on any atom is 0.0456 e. The summed E-state index contributed by atoms with van der Waals surface area (Å²) in [7, 11) is 0. The van der Waals surface area contributed by atoms with Gasteiger partial charge in [-0.25, -0.2) is 0 Å². The van der Waals surface area contributed by atoms with Crippen molar-refractivity contribution in [2.45, 2.75) is 26.3 Å². The zero-order chi connectivity index (χ0) is 13.9.